The molecule has 1 aliphatic heterocycles. The van der Waals surface area contributed by atoms with Gasteiger partial charge in [-0.3, -0.25) is 9.59 Å². The Morgan fingerprint density at radius 3 is 2.74 bits per heavy atom. The number of hydrogen-bond acceptors (Lipinski definition) is 4. The van der Waals surface area contributed by atoms with Gasteiger partial charge in [-0.05, 0) is 31.0 Å². The van der Waals surface area contributed by atoms with E-state index in [-0.39, 0.29) is 24.6 Å². The maximum atomic E-state index is 13.6. The number of carbonyl (C=O) groups excluding carboxylic acids is 2. The highest BCUT2D eigenvalue weighted by atomic mass is 19.1. The number of rotatable bonds is 4. The number of benzene rings is 1. The van der Waals surface area contributed by atoms with E-state index in [0.717, 1.165) is 0 Å². The van der Waals surface area contributed by atoms with Crippen molar-refractivity contribution in [1.29, 1.82) is 0 Å². The van der Waals surface area contributed by atoms with Crippen molar-refractivity contribution in [3.63, 3.8) is 0 Å². The molecule has 1 aliphatic rings. The Balaban J connectivity index is 2.30. The summed E-state index contributed by atoms with van der Waals surface area (Å²) in [5.74, 6) is -1.14. The minimum atomic E-state index is -1.17. The Morgan fingerprint density at radius 2 is 2.26 bits per heavy atom. The van der Waals surface area contributed by atoms with Crippen LogP contribution >= 0.6 is 0 Å². The van der Waals surface area contributed by atoms with E-state index < -0.39 is 17.2 Å². The van der Waals surface area contributed by atoms with E-state index in [1.165, 1.54) is 26.2 Å². The summed E-state index contributed by atoms with van der Waals surface area (Å²) in [7, 11) is 1.38. The van der Waals surface area contributed by atoms with Gasteiger partial charge < -0.3 is 9.47 Å². The van der Waals surface area contributed by atoms with Crippen molar-refractivity contribution in [2.45, 2.75) is 19.8 Å². The monoisotopic (exact) mass is 266 g/mol. The van der Waals surface area contributed by atoms with Crippen molar-refractivity contribution in [3.8, 4) is 5.75 Å². The van der Waals surface area contributed by atoms with Crippen LogP contribution in [0, 0.1) is 11.2 Å². The zero-order chi connectivity index (χ0) is 14.0. The fourth-order valence-corrected chi connectivity index (χ4v) is 2.33. The van der Waals surface area contributed by atoms with Crippen LogP contribution in [0.15, 0.2) is 18.2 Å². The molecule has 19 heavy (non-hydrogen) atoms. The minimum absolute atomic E-state index is 0.134. The first-order valence-electron chi connectivity index (χ1n) is 6.00. The van der Waals surface area contributed by atoms with Gasteiger partial charge in [-0.1, -0.05) is 6.07 Å². The van der Waals surface area contributed by atoms with E-state index in [0.29, 0.717) is 12.0 Å². The van der Waals surface area contributed by atoms with Crippen LogP contribution in [0.1, 0.15) is 18.9 Å². The molecule has 0 aromatic heterocycles. The zero-order valence-electron chi connectivity index (χ0n) is 10.9. The SMILES string of the molecule is COc1ccc(CC2(C(C)=O)CCOC2=O)cc1F. The number of carbonyl (C=O) groups is 2. The lowest BCUT2D eigenvalue weighted by atomic mass is 9.77. The molecular formula is C14H15FO4. The number of Topliss-reactive ketones (excluding diaryl/α,β-unsaturated/α-hetero) is 1. The van der Waals surface area contributed by atoms with Crippen LogP contribution in [-0.2, 0) is 20.7 Å². The summed E-state index contributed by atoms with van der Waals surface area (Å²) in [5.41, 5.74) is -0.589. The second-order valence-electron chi connectivity index (χ2n) is 4.67. The number of cyclic esters (lactones) is 1. The second kappa shape index (κ2) is 4.99. The number of halogens is 1. The predicted molar refractivity (Wildman–Crippen MR) is 65.3 cm³/mol. The van der Waals surface area contributed by atoms with Gasteiger partial charge in [0.25, 0.3) is 0 Å². The van der Waals surface area contributed by atoms with Gasteiger partial charge in [0.1, 0.15) is 11.2 Å². The summed E-state index contributed by atoms with van der Waals surface area (Å²) in [4.78, 5) is 23.6. The Kier molecular flexibility index (Phi) is 3.55. The van der Waals surface area contributed by atoms with Crippen LogP contribution < -0.4 is 4.74 Å². The van der Waals surface area contributed by atoms with Crippen LogP contribution in [0.5, 0.6) is 5.75 Å². The first-order valence-corrected chi connectivity index (χ1v) is 6.00. The summed E-state index contributed by atoms with van der Waals surface area (Å²) >= 11 is 0. The molecule has 2 rings (SSSR count). The first-order chi connectivity index (χ1) is 8.99. The Hall–Kier alpha value is -1.91. The fourth-order valence-electron chi connectivity index (χ4n) is 2.33. The maximum Gasteiger partial charge on any atom is 0.320 e. The van der Waals surface area contributed by atoms with Gasteiger partial charge in [0.15, 0.2) is 11.6 Å². The number of methoxy groups -OCH3 is 1. The normalized spacial score (nSPS) is 22.2. The molecule has 0 spiro atoms. The number of hydrogen-bond donors (Lipinski definition) is 0. The minimum Gasteiger partial charge on any atom is -0.494 e. The van der Waals surface area contributed by atoms with E-state index >= 15 is 0 Å². The standard InChI is InChI=1S/C14H15FO4/c1-9(16)14(5-6-19-13(14)17)8-10-3-4-12(18-2)11(15)7-10/h3-4,7H,5-6,8H2,1-2H3. The third kappa shape index (κ3) is 2.32. The van der Waals surface area contributed by atoms with Crippen LogP contribution in [0.4, 0.5) is 4.39 Å². The molecule has 1 aromatic carbocycles. The summed E-state index contributed by atoms with van der Waals surface area (Å²) in [6.45, 7) is 1.60. The summed E-state index contributed by atoms with van der Waals surface area (Å²) < 4.78 is 23.4. The van der Waals surface area contributed by atoms with Crippen LogP contribution in [0.25, 0.3) is 0 Å². The second-order valence-corrected chi connectivity index (χ2v) is 4.67. The van der Waals surface area contributed by atoms with Crippen molar-refractivity contribution in [2.75, 3.05) is 13.7 Å². The maximum absolute atomic E-state index is 13.6. The lowest BCUT2D eigenvalue weighted by Crippen LogP contribution is -2.36. The van der Waals surface area contributed by atoms with Gasteiger partial charge >= 0.3 is 5.97 Å². The van der Waals surface area contributed by atoms with Gasteiger partial charge in [-0.25, -0.2) is 4.39 Å². The molecule has 102 valence electrons. The quantitative estimate of drug-likeness (QED) is 0.617. The van der Waals surface area contributed by atoms with E-state index in [1.54, 1.807) is 6.07 Å². The van der Waals surface area contributed by atoms with Gasteiger partial charge in [0, 0.05) is 6.42 Å². The topological polar surface area (TPSA) is 52.6 Å². The molecule has 0 amide bonds. The summed E-state index contributed by atoms with van der Waals surface area (Å²) in [6.07, 6.45) is 0.497. The van der Waals surface area contributed by atoms with Gasteiger partial charge in [0.05, 0.1) is 13.7 Å². The number of ketones is 1. The van der Waals surface area contributed by atoms with Crippen LogP contribution in [0.3, 0.4) is 0 Å². The highest BCUT2D eigenvalue weighted by Crippen LogP contribution is 2.35. The molecule has 4 nitrogen and oxygen atoms in total. The average Bonchev–Trinajstić information content (AvgIpc) is 2.72. The highest BCUT2D eigenvalue weighted by Gasteiger charge is 2.48. The molecule has 1 atom stereocenters. The van der Waals surface area contributed by atoms with Crippen molar-refractivity contribution < 1.29 is 23.5 Å². The predicted octanol–water partition coefficient (Wildman–Crippen LogP) is 1.90. The Morgan fingerprint density at radius 1 is 1.53 bits per heavy atom. The third-order valence-corrected chi connectivity index (χ3v) is 3.55. The van der Waals surface area contributed by atoms with Crippen molar-refractivity contribution in [2.24, 2.45) is 5.41 Å². The van der Waals surface area contributed by atoms with Crippen molar-refractivity contribution in [1.82, 2.24) is 0 Å². The molecule has 0 aliphatic carbocycles. The van der Waals surface area contributed by atoms with Gasteiger partial charge in [0.2, 0.25) is 0 Å². The van der Waals surface area contributed by atoms with Gasteiger partial charge in [-0.2, -0.15) is 0 Å². The average molecular weight is 266 g/mol. The molecule has 1 heterocycles. The van der Waals surface area contributed by atoms with E-state index in [4.69, 9.17) is 9.47 Å². The zero-order valence-corrected chi connectivity index (χ0v) is 10.9. The van der Waals surface area contributed by atoms with E-state index in [1.807, 2.05) is 0 Å². The third-order valence-electron chi connectivity index (χ3n) is 3.55. The molecule has 0 radical (unpaired) electrons. The highest BCUT2D eigenvalue weighted by molar-refractivity contribution is 6.04. The van der Waals surface area contributed by atoms with Crippen LogP contribution in [-0.4, -0.2) is 25.5 Å². The molecule has 1 aromatic rings. The molecular weight excluding hydrogens is 251 g/mol. The van der Waals surface area contributed by atoms with Gasteiger partial charge in [-0.15, -0.1) is 0 Å². The first kappa shape index (κ1) is 13.5. The van der Waals surface area contributed by atoms with E-state index in [2.05, 4.69) is 0 Å². The molecule has 0 saturated carbocycles. The molecule has 1 unspecified atom stereocenters. The molecule has 0 bridgehead atoms. The summed E-state index contributed by atoms with van der Waals surface area (Å²) in [5, 5.41) is 0. The molecule has 5 heteroatoms. The number of ether oxygens (including phenoxy) is 2. The lowest BCUT2D eigenvalue weighted by Gasteiger charge is -2.21. The smallest absolute Gasteiger partial charge is 0.320 e. The summed E-state index contributed by atoms with van der Waals surface area (Å²) in [6, 6.07) is 4.42. The Labute approximate surface area is 110 Å². The molecule has 0 N–H and O–H groups in total. The molecule has 1 saturated heterocycles. The van der Waals surface area contributed by atoms with Crippen molar-refractivity contribution >= 4 is 11.8 Å². The van der Waals surface area contributed by atoms with E-state index in [9.17, 15) is 14.0 Å². The molecule has 1 fully saturated rings. The fraction of sp³-hybridized carbons (Fsp3) is 0.429. The Bertz CT molecular complexity index is 526. The largest absolute Gasteiger partial charge is 0.494 e. The number of esters is 1. The van der Waals surface area contributed by atoms with Crippen LogP contribution in [0.2, 0.25) is 0 Å². The van der Waals surface area contributed by atoms with Crippen molar-refractivity contribution in [3.05, 3.63) is 29.6 Å². The lowest BCUT2D eigenvalue weighted by molar-refractivity contribution is -0.150.